The first-order valence-corrected chi connectivity index (χ1v) is 14.9. The number of amides is 1. The molecule has 3 N–H and O–H groups in total. The summed E-state index contributed by atoms with van der Waals surface area (Å²) in [7, 11) is -3.66. The summed E-state index contributed by atoms with van der Waals surface area (Å²) in [5, 5.41) is 10.4. The van der Waals surface area contributed by atoms with Gasteiger partial charge in [-0.25, -0.2) is 13.2 Å². The summed E-state index contributed by atoms with van der Waals surface area (Å²) in [6.07, 6.45) is 1.99. The summed E-state index contributed by atoms with van der Waals surface area (Å²) in [6.45, 7) is 6.56. The lowest BCUT2D eigenvalue weighted by molar-refractivity contribution is -0.192. The number of nitrogens with one attached hydrogen (secondary N) is 2. The number of anilines is 1. The van der Waals surface area contributed by atoms with Crippen LogP contribution in [0.3, 0.4) is 0 Å². The molecule has 0 atom stereocenters. The minimum Gasteiger partial charge on any atom is -0.475 e. The van der Waals surface area contributed by atoms with Crippen molar-refractivity contribution in [2.45, 2.75) is 88.2 Å². The Morgan fingerprint density at radius 1 is 0.975 bits per heavy atom. The molecule has 2 aromatic carbocycles. The monoisotopic (exact) mass is 582 g/mol. The van der Waals surface area contributed by atoms with E-state index in [1.807, 2.05) is 24.3 Å². The molecule has 2 fully saturated rings. The maximum atomic E-state index is 13.0. The molecule has 40 heavy (non-hydrogen) atoms. The lowest BCUT2D eigenvalue weighted by Gasteiger charge is -2.28. The standard InChI is InChI=1S/C27H36N2O3S.C2HF3O2/c1-19(2)18-21-6-14-25(15-7-21)33(31,32)29-24-12-8-22(9-13-24)27(16-17-27)26(30)28-23-10-4-20(3)5-11-23;3-2(4,5)1(6)7/h6-9,12-15,19-20,23,29H,4-5,10-11,16-18H2,1-3H3,(H,28,30);(H,6,7). The molecule has 220 valence electrons. The van der Waals surface area contributed by atoms with E-state index < -0.39 is 27.6 Å². The number of carbonyl (C=O) groups excluding carboxylic acids is 1. The van der Waals surface area contributed by atoms with E-state index >= 15 is 0 Å². The van der Waals surface area contributed by atoms with Gasteiger partial charge in [-0.05, 0) is 92.2 Å². The first kappa shape index (κ1) is 31.4. The topological polar surface area (TPSA) is 113 Å². The van der Waals surface area contributed by atoms with Crippen LogP contribution >= 0.6 is 0 Å². The Morgan fingerprint density at radius 2 is 1.50 bits per heavy atom. The number of sulfonamides is 1. The van der Waals surface area contributed by atoms with Crippen molar-refractivity contribution < 1.29 is 36.3 Å². The van der Waals surface area contributed by atoms with Crippen LogP contribution < -0.4 is 10.0 Å². The molecular weight excluding hydrogens is 545 g/mol. The summed E-state index contributed by atoms with van der Waals surface area (Å²) in [5.74, 6) is -1.36. The minimum atomic E-state index is -5.08. The van der Waals surface area contributed by atoms with Gasteiger partial charge in [-0.1, -0.05) is 45.0 Å². The average Bonchev–Trinajstić information content (AvgIpc) is 3.68. The quantitative estimate of drug-likeness (QED) is 0.351. The van der Waals surface area contributed by atoms with E-state index in [1.54, 1.807) is 24.3 Å². The molecular formula is C29H37F3N2O5S. The number of carboxylic acid groups (broad SMARTS) is 1. The highest BCUT2D eigenvalue weighted by molar-refractivity contribution is 7.92. The molecule has 2 aromatic rings. The zero-order valence-electron chi connectivity index (χ0n) is 22.9. The third-order valence-electron chi connectivity index (χ3n) is 7.35. The second kappa shape index (κ2) is 12.6. The van der Waals surface area contributed by atoms with Crippen LogP contribution in [-0.2, 0) is 31.4 Å². The van der Waals surface area contributed by atoms with Crippen molar-refractivity contribution >= 4 is 27.6 Å². The number of carboxylic acids is 1. The number of halogens is 3. The normalized spacial score (nSPS) is 20.2. The number of aliphatic carboxylic acids is 1. The largest absolute Gasteiger partial charge is 0.490 e. The Balaban J connectivity index is 0.000000559. The molecule has 4 rings (SSSR count). The number of hydrogen-bond acceptors (Lipinski definition) is 4. The summed E-state index contributed by atoms with van der Waals surface area (Å²) in [6, 6.07) is 14.6. The van der Waals surface area contributed by atoms with Gasteiger partial charge in [0.1, 0.15) is 0 Å². The molecule has 0 aromatic heterocycles. The van der Waals surface area contributed by atoms with E-state index in [2.05, 4.69) is 30.8 Å². The van der Waals surface area contributed by atoms with Crippen molar-refractivity contribution in [1.82, 2.24) is 5.32 Å². The molecule has 2 aliphatic carbocycles. The molecule has 0 heterocycles. The SMILES string of the molecule is CC(C)Cc1ccc(S(=O)(=O)Nc2ccc(C3(C(=O)NC4CCC(C)CC4)CC3)cc2)cc1.O=C(O)C(F)(F)F. The molecule has 0 unspecified atom stereocenters. The van der Waals surface area contributed by atoms with E-state index in [-0.39, 0.29) is 16.8 Å². The Morgan fingerprint density at radius 3 is 1.95 bits per heavy atom. The van der Waals surface area contributed by atoms with Gasteiger partial charge in [-0.2, -0.15) is 13.2 Å². The molecule has 0 saturated heterocycles. The molecule has 11 heteroatoms. The zero-order valence-corrected chi connectivity index (χ0v) is 23.7. The summed E-state index contributed by atoms with van der Waals surface area (Å²) in [5.41, 5.74) is 2.14. The fraction of sp³-hybridized carbons (Fsp3) is 0.517. The third-order valence-corrected chi connectivity index (χ3v) is 8.74. The van der Waals surface area contributed by atoms with E-state index in [9.17, 15) is 26.4 Å². The van der Waals surface area contributed by atoms with E-state index in [1.165, 1.54) is 12.8 Å². The van der Waals surface area contributed by atoms with Gasteiger partial charge < -0.3 is 10.4 Å². The fourth-order valence-electron chi connectivity index (χ4n) is 4.85. The first-order chi connectivity index (χ1) is 18.6. The maximum absolute atomic E-state index is 13.0. The Kier molecular flexibility index (Phi) is 9.92. The summed E-state index contributed by atoms with van der Waals surface area (Å²) in [4.78, 5) is 22.2. The molecule has 2 aliphatic rings. The number of alkyl halides is 3. The Labute approximate surface area is 233 Å². The lowest BCUT2D eigenvalue weighted by Crippen LogP contribution is -2.43. The number of rotatable bonds is 8. The Hall–Kier alpha value is -3.08. The predicted octanol–water partition coefficient (Wildman–Crippen LogP) is 6.05. The highest BCUT2D eigenvalue weighted by Crippen LogP contribution is 2.49. The number of hydrogen-bond donors (Lipinski definition) is 3. The number of benzene rings is 2. The van der Waals surface area contributed by atoms with Gasteiger partial charge in [0.15, 0.2) is 0 Å². The van der Waals surface area contributed by atoms with Crippen molar-refractivity contribution in [3.8, 4) is 0 Å². The van der Waals surface area contributed by atoms with Gasteiger partial charge in [0.2, 0.25) is 5.91 Å². The van der Waals surface area contributed by atoms with Gasteiger partial charge >= 0.3 is 12.1 Å². The zero-order chi connectivity index (χ0) is 29.7. The maximum Gasteiger partial charge on any atom is 0.490 e. The third kappa shape index (κ3) is 8.46. The molecule has 0 aliphatic heterocycles. The minimum absolute atomic E-state index is 0.122. The molecule has 2 saturated carbocycles. The van der Waals surface area contributed by atoms with Gasteiger partial charge in [-0.3, -0.25) is 9.52 Å². The van der Waals surface area contributed by atoms with Crippen molar-refractivity contribution in [2.24, 2.45) is 11.8 Å². The van der Waals surface area contributed by atoms with Crippen LogP contribution in [0.1, 0.15) is 70.4 Å². The van der Waals surface area contributed by atoms with Gasteiger partial charge in [0, 0.05) is 11.7 Å². The van der Waals surface area contributed by atoms with E-state index in [0.717, 1.165) is 49.1 Å². The molecule has 0 bridgehead atoms. The van der Waals surface area contributed by atoms with Crippen LogP contribution in [0.25, 0.3) is 0 Å². The van der Waals surface area contributed by atoms with Crippen molar-refractivity contribution in [3.05, 3.63) is 59.7 Å². The van der Waals surface area contributed by atoms with Gasteiger partial charge in [0.25, 0.3) is 10.0 Å². The van der Waals surface area contributed by atoms with Crippen molar-refractivity contribution in [2.75, 3.05) is 4.72 Å². The van der Waals surface area contributed by atoms with Gasteiger partial charge in [-0.15, -0.1) is 0 Å². The molecule has 0 radical (unpaired) electrons. The van der Waals surface area contributed by atoms with Crippen molar-refractivity contribution in [3.63, 3.8) is 0 Å². The van der Waals surface area contributed by atoms with Crippen LogP contribution in [0.5, 0.6) is 0 Å². The van der Waals surface area contributed by atoms with Crippen LogP contribution in [0.4, 0.5) is 18.9 Å². The number of carbonyl (C=O) groups is 2. The predicted molar refractivity (Wildman–Crippen MR) is 146 cm³/mol. The van der Waals surface area contributed by atoms with E-state index in [0.29, 0.717) is 11.6 Å². The highest BCUT2D eigenvalue weighted by Gasteiger charge is 2.51. The van der Waals surface area contributed by atoms with Crippen LogP contribution in [0.15, 0.2) is 53.4 Å². The van der Waals surface area contributed by atoms with Crippen molar-refractivity contribution in [1.29, 1.82) is 0 Å². The molecule has 0 spiro atoms. The Bertz CT molecular complexity index is 1260. The van der Waals surface area contributed by atoms with Crippen LogP contribution in [-0.4, -0.2) is 37.6 Å². The van der Waals surface area contributed by atoms with Crippen LogP contribution in [0.2, 0.25) is 0 Å². The summed E-state index contributed by atoms with van der Waals surface area (Å²) < 4.78 is 60.0. The van der Waals surface area contributed by atoms with E-state index in [4.69, 9.17) is 9.90 Å². The smallest absolute Gasteiger partial charge is 0.475 e. The molecule has 1 amide bonds. The second-order valence-corrected chi connectivity index (χ2v) is 12.9. The average molecular weight is 583 g/mol. The second-order valence-electron chi connectivity index (χ2n) is 11.2. The van der Waals surface area contributed by atoms with Crippen LogP contribution in [0, 0.1) is 11.8 Å². The molecule has 7 nitrogen and oxygen atoms in total. The van der Waals surface area contributed by atoms with Gasteiger partial charge in [0.05, 0.1) is 10.3 Å². The lowest BCUT2D eigenvalue weighted by atomic mass is 9.86. The summed E-state index contributed by atoms with van der Waals surface area (Å²) >= 11 is 0. The first-order valence-electron chi connectivity index (χ1n) is 13.5. The highest BCUT2D eigenvalue weighted by atomic mass is 32.2. The fourth-order valence-corrected chi connectivity index (χ4v) is 5.91.